The first-order valence-electron chi connectivity index (χ1n) is 9.58. The van der Waals surface area contributed by atoms with Crippen molar-refractivity contribution < 1.29 is 9.47 Å². The highest BCUT2D eigenvalue weighted by Crippen LogP contribution is 2.31. The molecule has 7 nitrogen and oxygen atoms in total. The van der Waals surface area contributed by atoms with Gasteiger partial charge in [0.15, 0.2) is 5.82 Å². The van der Waals surface area contributed by atoms with Gasteiger partial charge in [0.25, 0.3) is 0 Å². The van der Waals surface area contributed by atoms with Crippen LogP contribution in [0.25, 0.3) is 0 Å². The molecule has 0 N–H and O–H groups in total. The first-order chi connectivity index (χ1) is 11.8. The van der Waals surface area contributed by atoms with Crippen molar-refractivity contribution in [2.75, 3.05) is 26.3 Å². The average molecular weight is 335 g/mol. The molecule has 0 bridgehead atoms. The standard InChI is InChI=1S/C17H29N5O2/c1-13(17-18-19-20-22(17)14-6-3-2-4-7-14)21-9-11-24-16(12-21)15-8-5-10-23-15/h13-16H,2-12H2,1H3/t13-,15-,16-/m1/s1. The molecular formula is C17H29N5O2. The van der Waals surface area contributed by atoms with E-state index in [0.29, 0.717) is 6.04 Å². The highest BCUT2D eigenvalue weighted by Gasteiger charge is 2.34. The van der Waals surface area contributed by atoms with Crippen LogP contribution in [0, 0.1) is 0 Å². The molecule has 0 aromatic carbocycles. The molecular weight excluding hydrogens is 306 g/mol. The van der Waals surface area contributed by atoms with E-state index in [1.807, 2.05) is 0 Å². The summed E-state index contributed by atoms with van der Waals surface area (Å²) in [6, 6.07) is 0.691. The van der Waals surface area contributed by atoms with Crippen molar-refractivity contribution in [1.82, 2.24) is 25.1 Å². The van der Waals surface area contributed by atoms with Crippen LogP contribution in [-0.2, 0) is 9.47 Å². The largest absolute Gasteiger partial charge is 0.375 e. The Morgan fingerprint density at radius 3 is 2.62 bits per heavy atom. The molecule has 0 spiro atoms. The van der Waals surface area contributed by atoms with Gasteiger partial charge < -0.3 is 9.47 Å². The lowest BCUT2D eigenvalue weighted by Crippen LogP contribution is -2.48. The molecule has 3 heterocycles. The van der Waals surface area contributed by atoms with Crippen molar-refractivity contribution in [2.45, 2.75) is 76.2 Å². The fourth-order valence-corrected chi connectivity index (χ4v) is 4.39. The summed E-state index contributed by atoms with van der Waals surface area (Å²) in [6.07, 6.45) is 9.03. The summed E-state index contributed by atoms with van der Waals surface area (Å²) in [7, 11) is 0. The summed E-state index contributed by atoms with van der Waals surface area (Å²) in [6.45, 7) is 5.70. The second-order valence-corrected chi connectivity index (χ2v) is 7.41. The highest BCUT2D eigenvalue weighted by atomic mass is 16.5. The molecule has 1 aromatic rings. The van der Waals surface area contributed by atoms with Gasteiger partial charge in [-0.3, -0.25) is 4.90 Å². The van der Waals surface area contributed by atoms with E-state index in [4.69, 9.17) is 9.47 Å². The molecule has 24 heavy (non-hydrogen) atoms. The number of ether oxygens (including phenoxy) is 2. The molecule has 3 aliphatic rings. The summed E-state index contributed by atoms with van der Waals surface area (Å²) >= 11 is 0. The number of hydrogen-bond donors (Lipinski definition) is 0. The van der Waals surface area contributed by atoms with Crippen LogP contribution in [-0.4, -0.2) is 63.6 Å². The van der Waals surface area contributed by atoms with Crippen molar-refractivity contribution in [3.05, 3.63) is 5.82 Å². The average Bonchev–Trinajstić information content (AvgIpc) is 3.34. The maximum Gasteiger partial charge on any atom is 0.168 e. The van der Waals surface area contributed by atoms with Gasteiger partial charge in [-0.1, -0.05) is 19.3 Å². The van der Waals surface area contributed by atoms with Gasteiger partial charge in [0.1, 0.15) is 0 Å². The van der Waals surface area contributed by atoms with Crippen LogP contribution in [0.2, 0.25) is 0 Å². The molecule has 0 radical (unpaired) electrons. The summed E-state index contributed by atoms with van der Waals surface area (Å²) in [5.41, 5.74) is 0. The van der Waals surface area contributed by atoms with E-state index in [0.717, 1.165) is 45.0 Å². The lowest BCUT2D eigenvalue weighted by molar-refractivity contribution is -0.103. The number of tetrazole rings is 1. The Hall–Kier alpha value is -1.05. The van der Waals surface area contributed by atoms with Gasteiger partial charge in [0, 0.05) is 19.7 Å². The van der Waals surface area contributed by atoms with Crippen molar-refractivity contribution in [1.29, 1.82) is 0 Å². The quantitative estimate of drug-likeness (QED) is 0.840. The van der Waals surface area contributed by atoms with Gasteiger partial charge in [0.05, 0.1) is 30.9 Å². The second kappa shape index (κ2) is 7.45. The minimum absolute atomic E-state index is 0.183. The van der Waals surface area contributed by atoms with Crippen molar-refractivity contribution in [2.24, 2.45) is 0 Å². The first kappa shape index (κ1) is 16.4. The Morgan fingerprint density at radius 1 is 1.00 bits per heavy atom. The molecule has 1 saturated carbocycles. The Morgan fingerprint density at radius 2 is 1.83 bits per heavy atom. The van der Waals surface area contributed by atoms with Crippen LogP contribution in [0.5, 0.6) is 0 Å². The minimum Gasteiger partial charge on any atom is -0.375 e. The molecule has 2 aliphatic heterocycles. The van der Waals surface area contributed by atoms with E-state index in [9.17, 15) is 0 Å². The highest BCUT2D eigenvalue weighted by molar-refractivity contribution is 4.96. The van der Waals surface area contributed by atoms with Crippen LogP contribution in [0.4, 0.5) is 0 Å². The van der Waals surface area contributed by atoms with Gasteiger partial charge in [0.2, 0.25) is 0 Å². The molecule has 2 saturated heterocycles. The Balaban J connectivity index is 1.45. The van der Waals surface area contributed by atoms with E-state index >= 15 is 0 Å². The zero-order valence-corrected chi connectivity index (χ0v) is 14.6. The van der Waals surface area contributed by atoms with Crippen LogP contribution < -0.4 is 0 Å². The van der Waals surface area contributed by atoms with Crippen LogP contribution in [0.3, 0.4) is 0 Å². The second-order valence-electron chi connectivity index (χ2n) is 7.41. The van der Waals surface area contributed by atoms with Crippen LogP contribution >= 0.6 is 0 Å². The van der Waals surface area contributed by atoms with E-state index in [1.54, 1.807) is 0 Å². The van der Waals surface area contributed by atoms with Gasteiger partial charge in [-0.2, -0.15) is 0 Å². The van der Waals surface area contributed by atoms with Crippen molar-refractivity contribution in [3.63, 3.8) is 0 Å². The molecule has 134 valence electrons. The maximum atomic E-state index is 5.98. The third-order valence-corrected chi connectivity index (χ3v) is 5.86. The van der Waals surface area contributed by atoms with E-state index < -0.39 is 0 Å². The molecule has 3 atom stereocenters. The normalized spacial score (nSPS) is 31.4. The number of hydrogen-bond acceptors (Lipinski definition) is 6. The van der Waals surface area contributed by atoms with Crippen LogP contribution in [0.15, 0.2) is 0 Å². The number of morpholine rings is 1. The Kier molecular flexibility index (Phi) is 5.10. The SMILES string of the molecule is C[C@H](c1nnnn1C1CCCCC1)N1CCO[C@@H]([C@H]2CCCO2)C1. The molecule has 4 rings (SSSR count). The van der Waals surface area contributed by atoms with Crippen molar-refractivity contribution in [3.8, 4) is 0 Å². The molecule has 0 unspecified atom stereocenters. The van der Waals surface area contributed by atoms with Crippen molar-refractivity contribution >= 4 is 0 Å². The summed E-state index contributed by atoms with van der Waals surface area (Å²) in [4.78, 5) is 2.46. The molecule has 1 aromatic heterocycles. The van der Waals surface area contributed by atoms with E-state index in [1.165, 1.54) is 32.1 Å². The fraction of sp³-hybridized carbons (Fsp3) is 0.941. The zero-order chi connectivity index (χ0) is 16.4. The van der Waals surface area contributed by atoms with Gasteiger partial charge in [-0.25, -0.2) is 4.68 Å². The third kappa shape index (κ3) is 3.34. The lowest BCUT2D eigenvalue weighted by Gasteiger charge is -2.38. The molecule has 1 aliphatic carbocycles. The summed E-state index contributed by atoms with van der Waals surface area (Å²) < 4.78 is 13.9. The smallest absolute Gasteiger partial charge is 0.168 e. The van der Waals surface area contributed by atoms with Gasteiger partial charge >= 0.3 is 0 Å². The Labute approximate surface area is 143 Å². The molecule has 0 amide bonds. The van der Waals surface area contributed by atoms with Gasteiger partial charge in [-0.05, 0) is 43.0 Å². The topological polar surface area (TPSA) is 65.3 Å². The number of nitrogens with zero attached hydrogens (tertiary/aromatic N) is 5. The van der Waals surface area contributed by atoms with Gasteiger partial charge in [-0.15, -0.1) is 5.10 Å². The minimum atomic E-state index is 0.183. The molecule has 3 fully saturated rings. The predicted molar refractivity (Wildman–Crippen MR) is 88.6 cm³/mol. The third-order valence-electron chi connectivity index (χ3n) is 5.86. The summed E-state index contributed by atoms with van der Waals surface area (Å²) in [5.74, 6) is 1.01. The monoisotopic (exact) mass is 335 g/mol. The number of rotatable bonds is 4. The Bertz CT molecular complexity index is 525. The fourth-order valence-electron chi connectivity index (χ4n) is 4.39. The first-order valence-corrected chi connectivity index (χ1v) is 9.58. The predicted octanol–water partition coefficient (Wildman–Crippen LogP) is 2.12. The molecule has 7 heteroatoms. The van der Waals surface area contributed by atoms with Crippen LogP contribution in [0.1, 0.15) is 69.8 Å². The number of aromatic nitrogens is 4. The summed E-state index contributed by atoms with van der Waals surface area (Å²) in [5, 5.41) is 12.7. The maximum absolute atomic E-state index is 5.98. The van der Waals surface area contributed by atoms with E-state index in [2.05, 4.69) is 32.0 Å². The zero-order valence-electron chi connectivity index (χ0n) is 14.6. The van der Waals surface area contributed by atoms with E-state index in [-0.39, 0.29) is 18.2 Å². The lowest BCUT2D eigenvalue weighted by atomic mass is 9.95.